The molecule has 0 atom stereocenters. The van der Waals surface area contributed by atoms with E-state index < -0.39 is 0 Å². The van der Waals surface area contributed by atoms with E-state index in [4.69, 9.17) is 9.97 Å². The third kappa shape index (κ3) is 3.88. The van der Waals surface area contributed by atoms with Gasteiger partial charge in [0.25, 0.3) is 0 Å². The Labute approximate surface area is 249 Å². The summed E-state index contributed by atoms with van der Waals surface area (Å²) in [4.78, 5) is 13.1. The Hall–Kier alpha value is 0.440. The van der Waals surface area contributed by atoms with Gasteiger partial charge in [0.05, 0.1) is 87.8 Å². The second-order valence-electron chi connectivity index (χ2n) is 6.70. The van der Waals surface area contributed by atoms with Crippen molar-refractivity contribution in [1.82, 2.24) is 18.5 Å². The van der Waals surface area contributed by atoms with Crippen molar-refractivity contribution in [2.24, 2.45) is 0 Å². The first kappa shape index (κ1) is 24.1. The van der Waals surface area contributed by atoms with E-state index in [9.17, 15) is 0 Å². The number of halogens is 8. The molecule has 3 aromatic heterocycles. The van der Waals surface area contributed by atoms with Gasteiger partial charge in [0.1, 0.15) is 0 Å². The summed E-state index contributed by atoms with van der Waals surface area (Å²) < 4.78 is 7.93. The maximum absolute atomic E-state index is 4.82. The lowest BCUT2D eigenvalue weighted by molar-refractivity contribution is 1.24. The van der Waals surface area contributed by atoms with Crippen LogP contribution in [0.25, 0.3) is 46.4 Å². The van der Waals surface area contributed by atoms with Crippen LogP contribution in [-0.4, -0.2) is 18.5 Å². The van der Waals surface area contributed by atoms with Gasteiger partial charge in [0, 0.05) is 4.47 Å². The van der Waals surface area contributed by atoms with Crippen LogP contribution >= 0.6 is 128 Å². The number of nitrogens with one attached hydrogen (secondary N) is 1. The number of hydrogen-bond acceptors (Lipinski definition) is 2. The summed E-state index contributed by atoms with van der Waals surface area (Å²) in [6.07, 6.45) is 7.88. The normalized spacial score (nSPS) is 12.8. The Morgan fingerprint density at radius 3 is 1.62 bits per heavy atom. The molecular weight excluding hydrogens is 935 g/mol. The highest BCUT2D eigenvalue weighted by atomic mass is 79.9. The molecule has 162 valence electrons. The lowest BCUT2D eigenvalue weighted by atomic mass is 10.3. The molecule has 2 aliphatic rings. The largest absolute Gasteiger partial charge is 0.353 e. The summed E-state index contributed by atoms with van der Waals surface area (Å²) in [6.45, 7) is 0. The summed E-state index contributed by atoms with van der Waals surface area (Å²) >= 11 is 29.9. The molecule has 0 fully saturated rings. The van der Waals surface area contributed by atoms with Crippen LogP contribution in [0.2, 0.25) is 0 Å². The van der Waals surface area contributed by atoms with Crippen molar-refractivity contribution >= 4 is 174 Å². The predicted octanol–water partition coefficient (Wildman–Crippen LogP) is 10.6. The molecule has 0 saturated carbocycles. The van der Waals surface area contributed by atoms with Gasteiger partial charge in [-0.05, 0) is 142 Å². The second kappa shape index (κ2) is 9.15. The minimum absolute atomic E-state index is 0.793. The summed E-state index contributed by atoms with van der Waals surface area (Å²) in [6, 6.07) is 2.02. The summed E-state index contributed by atoms with van der Waals surface area (Å²) in [5.41, 5.74) is 6.74. The molecule has 32 heavy (non-hydrogen) atoms. The molecule has 4 nitrogen and oxygen atoms in total. The van der Waals surface area contributed by atoms with Crippen LogP contribution in [0, 0.1) is 0 Å². The van der Waals surface area contributed by atoms with E-state index in [1.807, 2.05) is 34.0 Å². The van der Waals surface area contributed by atoms with Crippen LogP contribution in [0.15, 0.2) is 37.4 Å². The van der Waals surface area contributed by atoms with Gasteiger partial charge >= 0.3 is 0 Å². The molecule has 2 aliphatic heterocycles. The van der Waals surface area contributed by atoms with E-state index in [-0.39, 0.29) is 0 Å². The number of fused-ring (bicyclic) bond motifs is 8. The van der Waals surface area contributed by atoms with Crippen LogP contribution in [0.3, 0.4) is 0 Å². The first-order chi connectivity index (χ1) is 15.2. The van der Waals surface area contributed by atoms with Crippen LogP contribution in [0.5, 0.6) is 0 Å². The zero-order valence-electron chi connectivity index (χ0n) is 15.3. The highest BCUT2D eigenvalue weighted by molar-refractivity contribution is 9.13. The average molecular weight is 942 g/mol. The van der Waals surface area contributed by atoms with Gasteiger partial charge in [-0.15, -0.1) is 0 Å². The van der Waals surface area contributed by atoms with Gasteiger partial charge < -0.3 is 4.98 Å². The molecule has 5 heterocycles. The first-order valence-electron chi connectivity index (χ1n) is 8.73. The van der Waals surface area contributed by atoms with Crippen molar-refractivity contribution in [3.8, 4) is 0 Å². The van der Waals surface area contributed by atoms with Crippen molar-refractivity contribution in [3.05, 3.63) is 60.2 Å². The smallest absolute Gasteiger partial charge is 0.0844 e. The SMILES string of the molecule is Brc1c2nc(c(Br)c3cc(Br)c([nH]3)c(Br)c3c(Br)c(Br)c(c(Br)c4nc1C=C4)n3Br)C=C2. The highest BCUT2D eigenvalue weighted by Crippen LogP contribution is 2.44. The molecule has 0 saturated heterocycles. The topological polar surface area (TPSA) is 46.5 Å². The fourth-order valence-corrected chi connectivity index (χ4v) is 9.56. The van der Waals surface area contributed by atoms with E-state index in [0.717, 1.165) is 76.2 Å². The lowest BCUT2D eigenvalue weighted by Gasteiger charge is -2.00. The standard InChI is InChI=1S/C20H6Br8N4/c21-6-5-11-13(23)9-2-1-7(29-9)12(22)8-3-4-10(30-8)14(24)19-15(25)16(26)20(32(19)28)17(27)18(6)31-11/h1-5,31H. The van der Waals surface area contributed by atoms with Gasteiger partial charge in [-0.2, -0.15) is 0 Å². The zero-order valence-corrected chi connectivity index (χ0v) is 27.9. The maximum Gasteiger partial charge on any atom is 0.0844 e. The Balaban J connectivity index is 2.08. The molecule has 3 aromatic rings. The number of rotatable bonds is 0. The second-order valence-corrected chi connectivity index (χ2v) is 13.0. The number of hydrogen-bond donors (Lipinski definition) is 1. The van der Waals surface area contributed by atoms with Crippen molar-refractivity contribution in [1.29, 1.82) is 0 Å². The van der Waals surface area contributed by atoms with Gasteiger partial charge in [0.2, 0.25) is 0 Å². The molecule has 0 aliphatic carbocycles. The van der Waals surface area contributed by atoms with Gasteiger partial charge in [-0.25, -0.2) is 9.97 Å². The van der Waals surface area contributed by atoms with Crippen LogP contribution in [0.1, 0.15) is 22.8 Å². The molecule has 12 heteroatoms. The molecule has 0 amide bonds. The quantitative estimate of drug-likeness (QED) is 0.168. The molecular formula is C20H6Br8N4. The average Bonchev–Trinajstić information content (AvgIpc) is 3.53. The monoisotopic (exact) mass is 933 g/mol. The van der Waals surface area contributed by atoms with Crippen molar-refractivity contribution < 1.29 is 0 Å². The number of H-pyrrole nitrogens is 1. The minimum Gasteiger partial charge on any atom is -0.353 e. The number of aromatic amines is 1. The van der Waals surface area contributed by atoms with Crippen molar-refractivity contribution in [3.63, 3.8) is 0 Å². The van der Waals surface area contributed by atoms with Crippen LogP contribution < -0.4 is 0 Å². The minimum atomic E-state index is 0.793. The predicted molar refractivity (Wildman–Crippen MR) is 161 cm³/mol. The maximum atomic E-state index is 4.82. The van der Waals surface area contributed by atoms with Crippen molar-refractivity contribution in [2.75, 3.05) is 0 Å². The van der Waals surface area contributed by atoms with Gasteiger partial charge in [-0.3, -0.25) is 3.59 Å². The summed E-state index contributed by atoms with van der Waals surface area (Å²) in [5, 5.41) is 0. The molecule has 0 unspecified atom stereocenters. The lowest BCUT2D eigenvalue weighted by Crippen LogP contribution is -1.85. The third-order valence-electron chi connectivity index (χ3n) is 4.82. The van der Waals surface area contributed by atoms with Gasteiger partial charge in [0.15, 0.2) is 0 Å². The summed E-state index contributed by atoms with van der Waals surface area (Å²) in [5.74, 6) is 0. The molecule has 0 aromatic carbocycles. The number of aromatic nitrogens is 4. The summed E-state index contributed by atoms with van der Waals surface area (Å²) in [7, 11) is 0. The fourth-order valence-electron chi connectivity index (χ4n) is 3.29. The van der Waals surface area contributed by atoms with Crippen LogP contribution in [0.4, 0.5) is 0 Å². The highest BCUT2D eigenvalue weighted by Gasteiger charge is 2.20. The fraction of sp³-hybridized carbons (Fsp3) is 0. The molecule has 0 spiro atoms. The zero-order chi connectivity index (χ0) is 22.9. The Morgan fingerprint density at radius 2 is 1.06 bits per heavy atom. The first-order valence-corrected chi connectivity index (χ1v) is 15.0. The molecule has 5 rings (SSSR count). The van der Waals surface area contributed by atoms with E-state index in [2.05, 4.69) is 133 Å². The van der Waals surface area contributed by atoms with E-state index >= 15 is 0 Å². The van der Waals surface area contributed by atoms with E-state index in [0.29, 0.717) is 0 Å². The van der Waals surface area contributed by atoms with Gasteiger partial charge in [-0.1, -0.05) is 0 Å². The number of nitrogens with zero attached hydrogens (tertiary/aromatic N) is 3. The van der Waals surface area contributed by atoms with E-state index in [1.165, 1.54) is 0 Å². The Bertz CT molecular complexity index is 1560. The molecule has 8 bridgehead atoms. The van der Waals surface area contributed by atoms with E-state index in [1.54, 1.807) is 0 Å². The molecule has 0 radical (unpaired) electrons. The Morgan fingerprint density at radius 1 is 0.594 bits per heavy atom. The van der Waals surface area contributed by atoms with Crippen molar-refractivity contribution in [2.45, 2.75) is 0 Å². The molecule has 1 N–H and O–H groups in total. The van der Waals surface area contributed by atoms with Crippen LogP contribution in [-0.2, 0) is 0 Å². The third-order valence-corrected chi connectivity index (χ3v) is 11.4. The Kier molecular flexibility index (Phi) is 6.90.